The molecule has 0 atom stereocenters. The first-order valence-corrected chi connectivity index (χ1v) is 11.4. The Morgan fingerprint density at radius 1 is 0.600 bits per heavy atom. The third-order valence-electron chi connectivity index (χ3n) is 4.99. The quantitative estimate of drug-likeness (QED) is 0.199. The van der Waals surface area contributed by atoms with Crippen LogP contribution in [0.25, 0.3) is 0 Å². The number of hydrogen-bond acceptors (Lipinski definition) is 2. The molecule has 4 aromatic carbocycles. The zero-order valence-electron chi connectivity index (χ0n) is 20.2. The van der Waals surface area contributed by atoms with Gasteiger partial charge in [-0.3, -0.25) is 0 Å². The summed E-state index contributed by atoms with van der Waals surface area (Å²) < 4.78 is 99.5. The summed E-state index contributed by atoms with van der Waals surface area (Å²) in [6, 6.07) is 24.5. The molecule has 0 N–H and O–H groups in total. The second kappa shape index (κ2) is 15.8. The van der Waals surface area contributed by atoms with Crippen molar-refractivity contribution in [3.05, 3.63) is 144 Å². The Morgan fingerprint density at radius 3 is 1.43 bits per heavy atom. The smallest absolute Gasteiger partial charge is 0.301 e. The number of allylic oxidation sites excluding steroid dienone is 2. The van der Waals surface area contributed by atoms with Gasteiger partial charge in [-0.15, -0.1) is 0 Å². The van der Waals surface area contributed by atoms with Gasteiger partial charge < -0.3 is 9.47 Å². The lowest BCUT2D eigenvalue weighted by Gasteiger charge is -2.08. The van der Waals surface area contributed by atoms with Crippen molar-refractivity contribution in [2.45, 2.75) is 20.3 Å². The molecule has 0 bridgehead atoms. The highest BCUT2D eigenvalue weighted by Gasteiger charge is 2.11. The fourth-order valence-corrected chi connectivity index (χ4v) is 3.18. The van der Waals surface area contributed by atoms with E-state index in [4.69, 9.17) is 9.47 Å². The molecule has 0 fully saturated rings. The molecule has 0 aliphatic rings. The third kappa shape index (κ3) is 9.98. The first-order chi connectivity index (χ1) is 18.7. The van der Waals surface area contributed by atoms with Crippen molar-refractivity contribution < 1.29 is 40.2 Å². The number of benzene rings is 4. The minimum absolute atomic E-state index is 0. The minimum atomic E-state index is -2.38. The predicted molar refractivity (Wildman–Crippen MR) is 141 cm³/mol. The van der Waals surface area contributed by atoms with Crippen LogP contribution in [0.3, 0.4) is 0 Å². The lowest BCUT2D eigenvalue weighted by molar-refractivity contribution is 0.374. The van der Waals surface area contributed by atoms with Gasteiger partial charge in [-0.25, -0.2) is 22.0 Å². The highest BCUT2D eigenvalue weighted by molar-refractivity contribution is 5.37. The van der Waals surface area contributed by atoms with Crippen molar-refractivity contribution in [1.29, 1.82) is 0 Å². The molecule has 0 heterocycles. The van der Waals surface area contributed by atoms with Crippen LogP contribution in [0.15, 0.2) is 121 Å². The summed E-state index contributed by atoms with van der Waals surface area (Å²) in [6.07, 6.45) is -3.32. The molecular weight excluding hydrogens is 537 g/mol. The van der Waals surface area contributed by atoms with E-state index in [0.29, 0.717) is 17.1 Å². The second-order valence-electron chi connectivity index (χ2n) is 7.93. The van der Waals surface area contributed by atoms with Crippen LogP contribution in [0.5, 0.6) is 23.0 Å². The maximum atomic E-state index is 13.6. The van der Waals surface area contributed by atoms with Crippen LogP contribution in [0, 0.1) is 11.6 Å². The molecule has 40 heavy (non-hydrogen) atoms. The zero-order chi connectivity index (χ0) is 28.2. The average molecular weight is 563 g/mol. The molecule has 0 aliphatic carbocycles. The summed E-state index contributed by atoms with van der Waals surface area (Å²) in [5, 5.41) is 0. The molecule has 4 aromatic rings. The number of halogens is 7. The summed E-state index contributed by atoms with van der Waals surface area (Å²) in [5.74, 6) is -2.95. The maximum absolute atomic E-state index is 13.6. The first kappa shape index (κ1) is 31.7. The Bertz CT molecular complexity index is 1420. The van der Waals surface area contributed by atoms with Crippen molar-refractivity contribution in [1.82, 2.24) is 0 Å². The van der Waals surface area contributed by atoms with Gasteiger partial charge in [0, 0.05) is 12.8 Å². The van der Waals surface area contributed by atoms with Gasteiger partial charge >= 0.3 is 6.08 Å². The van der Waals surface area contributed by atoms with E-state index in [1.807, 2.05) is 0 Å². The Morgan fingerprint density at radius 2 is 1.02 bits per heavy atom. The molecule has 0 saturated heterocycles. The minimum Gasteiger partial charge on any atom is -0.454 e. The normalized spacial score (nSPS) is 10.5. The Labute approximate surface area is 227 Å². The van der Waals surface area contributed by atoms with Crippen molar-refractivity contribution in [3.8, 4) is 23.0 Å². The van der Waals surface area contributed by atoms with Crippen LogP contribution >= 0.6 is 0 Å². The maximum Gasteiger partial charge on any atom is 0.301 e. The van der Waals surface area contributed by atoms with E-state index in [9.17, 15) is 30.7 Å². The largest absolute Gasteiger partial charge is 0.454 e. The SMILES string of the molecule is C.FC(F)=C(F)Cc1ccc(F)c(Oc2ccccc2)c1.FC=C(F)Cc1ccc(F)c(Oc2ccccc2)c1. The monoisotopic (exact) mass is 562 g/mol. The fourth-order valence-electron chi connectivity index (χ4n) is 3.18. The summed E-state index contributed by atoms with van der Waals surface area (Å²) in [5.41, 5.74) is 0.626. The number of rotatable bonds is 8. The molecule has 0 amide bonds. The molecule has 2 nitrogen and oxygen atoms in total. The van der Waals surface area contributed by atoms with Crippen LogP contribution in [-0.2, 0) is 12.8 Å². The van der Waals surface area contributed by atoms with Crippen LogP contribution in [0.4, 0.5) is 30.7 Å². The van der Waals surface area contributed by atoms with Crippen molar-refractivity contribution in [3.63, 3.8) is 0 Å². The van der Waals surface area contributed by atoms with Gasteiger partial charge in [0.2, 0.25) is 0 Å². The van der Waals surface area contributed by atoms with Gasteiger partial charge in [0.25, 0.3) is 0 Å². The van der Waals surface area contributed by atoms with Gasteiger partial charge in [-0.05, 0) is 59.7 Å². The van der Waals surface area contributed by atoms with E-state index in [2.05, 4.69) is 0 Å². The van der Waals surface area contributed by atoms with E-state index in [-0.39, 0.29) is 37.2 Å². The molecule has 0 radical (unpaired) electrons. The van der Waals surface area contributed by atoms with Crippen molar-refractivity contribution in [2.75, 3.05) is 0 Å². The zero-order valence-corrected chi connectivity index (χ0v) is 20.2. The van der Waals surface area contributed by atoms with Crippen molar-refractivity contribution in [2.24, 2.45) is 0 Å². The van der Waals surface area contributed by atoms with Crippen LogP contribution in [0.2, 0.25) is 0 Å². The fraction of sp³-hybridized carbons (Fsp3) is 0.0968. The average Bonchev–Trinajstić information content (AvgIpc) is 2.94. The standard InChI is InChI=1S/C15H10F4O.C15H11F3O.CH4/c16-12-7-6-10(8-13(17)15(18)19)9-14(12)20-11-4-2-1-3-5-11;16-10-12(17)8-11-6-7-14(18)15(9-11)19-13-4-2-1-3-5-13;/h1-7,9H,8H2;1-7,9-10H,8H2;1H4. The molecule has 4 rings (SSSR count). The van der Waals surface area contributed by atoms with E-state index >= 15 is 0 Å². The highest BCUT2D eigenvalue weighted by atomic mass is 19.3. The van der Waals surface area contributed by atoms with Gasteiger partial charge in [0.05, 0.1) is 0 Å². The third-order valence-corrected chi connectivity index (χ3v) is 4.99. The van der Waals surface area contributed by atoms with Crippen LogP contribution < -0.4 is 9.47 Å². The number of hydrogen-bond donors (Lipinski definition) is 0. The summed E-state index contributed by atoms with van der Waals surface area (Å²) >= 11 is 0. The summed E-state index contributed by atoms with van der Waals surface area (Å²) in [6.45, 7) is 0. The van der Waals surface area contributed by atoms with Gasteiger partial charge in [0.1, 0.15) is 23.7 Å². The first-order valence-electron chi connectivity index (χ1n) is 11.4. The molecule has 0 aliphatic heterocycles. The molecule has 0 aromatic heterocycles. The number of ether oxygens (including phenoxy) is 2. The van der Waals surface area contributed by atoms with Crippen LogP contribution in [0.1, 0.15) is 18.6 Å². The highest BCUT2D eigenvalue weighted by Crippen LogP contribution is 2.28. The van der Waals surface area contributed by atoms with Gasteiger partial charge in [-0.1, -0.05) is 56.0 Å². The van der Waals surface area contributed by atoms with Crippen molar-refractivity contribution >= 4 is 0 Å². The molecule has 0 spiro atoms. The summed E-state index contributed by atoms with van der Waals surface area (Å²) in [4.78, 5) is 0. The van der Waals surface area contributed by atoms with Gasteiger partial charge in [-0.2, -0.15) is 8.78 Å². The molecule has 0 unspecified atom stereocenters. The molecule has 9 heteroatoms. The Balaban J connectivity index is 0.000000274. The van der Waals surface area contributed by atoms with Gasteiger partial charge in [0.15, 0.2) is 29.0 Å². The Hall–Kier alpha value is -4.53. The van der Waals surface area contributed by atoms with E-state index in [1.165, 1.54) is 30.3 Å². The van der Waals surface area contributed by atoms with E-state index in [1.54, 1.807) is 60.7 Å². The Kier molecular flexibility index (Phi) is 12.5. The van der Waals surface area contributed by atoms with E-state index < -0.39 is 35.8 Å². The number of para-hydroxylation sites is 2. The lowest BCUT2D eigenvalue weighted by atomic mass is 10.1. The molecular formula is C31H25F7O2. The lowest BCUT2D eigenvalue weighted by Crippen LogP contribution is -1.92. The summed E-state index contributed by atoms with van der Waals surface area (Å²) in [7, 11) is 0. The second-order valence-corrected chi connectivity index (χ2v) is 7.93. The topological polar surface area (TPSA) is 18.5 Å². The van der Waals surface area contributed by atoms with E-state index in [0.717, 1.165) is 6.07 Å². The molecule has 0 saturated carbocycles. The molecule has 210 valence electrons. The van der Waals surface area contributed by atoms with Crippen LogP contribution in [-0.4, -0.2) is 0 Å². The predicted octanol–water partition coefficient (Wildman–Crippen LogP) is 10.8.